The summed E-state index contributed by atoms with van der Waals surface area (Å²) in [5.41, 5.74) is -0.488. The topological polar surface area (TPSA) is 43.8 Å². The van der Waals surface area contributed by atoms with Gasteiger partial charge < -0.3 is 5.11 Å². The van der Waals surface area contributed by atoms with Crippen molar-refractivity contribution in [3.63, 3.8) is 0 Å². The first kappa shape index (κ1) is 15.8. The molecule has 1 aliphatic carbocycles. The molecule has 0 aromatic carbocycles. The third kappa shape index (κ3) is 3.53. The zero-order valence-corrected chi connectivity index (χ0v) is 13.3. The fraction of sp³-hybridized carbons (Fsp3) is 0.938. The van der Waals surface area contributed by atoms with Gasteiger partial charge in [-0.1, -0.05) is 19.8 Å². The summed E-state index contributed by atoms with van der Waals surface area (Å²) in [6.45, 7) is 11.6. The lowest BCUT2D eigenvalue weighted by Crippen LogP contribution is -2.53. The van der Waals surface area contributed by atoms with E-state index >= 15 is 0 Å². The van der Waals surface area contributed by atoms with Crippen LogP contribution in [-0.2, 0) is 4.79 Å². The number of hydrogen-bond acceptors (Lipinski definition) is 3. The number of hydrogen-bond donors (Lipinski definition) is 1. The van der Waals surface area contributed by atoms with Crippen LogP contribution < -0.4 is 0 Å². The van der Waals surface area contributed by atoms with E-state index in [0.717, 1.165) is 52.0 Å². The average molecular weight is 282 g/mol. The molecule has 0 spiro atoms. The van der Waals surface area contributed by atoms with Gasteiger partial charge in [0.25, 0.3) is 0 Å². The minimum Gasteiger partial charge on any atom is -0.481 e. The highest BCUT2D eigenvalue weighted by molar-refractivity contribution is 5.75. The molecule has 2 fully saturated rings. The van der Waals surface area contributed by atoms with E-state index in [1.165, 1.54) is 6.42 Å². The zero-order valence-electron chi connectivity index (χ0n) is 13.3. The van der Waals surface area contributed by atoms with Gasteiger partial charge in [0.1, 0.15) is 0 Å². The van der Waals surface area contributed by atoms with Gasteiger partial charge in [-0.15, -0.1) is 0 Å². The summed E-state index contributed by atoms with van der Waals surface area (Å²) in [4.78, 5) is 16.7. The second-order valence-corrected chi connectivity index (χ2v) is 7.19. The van der Waals surface area contributed by atoms with Crippen molar-refractivity contribution < 1.29 is 9.90 Å². The lowest BCUT2D eigenvalue weighted by atomic mass is 9.69. The Morgan fingerprint density at radius 3 is 2.45 bits per heavy atom. The summed E-state index contributed by atoms with van der Waals surface area (Å²) >= 11 is 0. The Balaban J connectivity index is 1.95. The Morgan fingerprint density at radius 2 is 1.95 bits per heavy atom. The lowest BCUT2D eigenvalue weighted by Gasteiger charge is -2.43. The van der Waals surface area contributed by atoms with E-state index in [1.54, 1.807) is 0 Å². The number of carbonyl (C=O) groups is 1. The fourth-order valence-electron chi connectivity index (χ4n) is 3.93. The highest BCUT2D eigenvalue weighted by Gasteiger charge is 2.43. The van der Waals surface area contributed by atoms with Crippen LogP contribution in [0.4, 0.5) is 0 Å². The second-order valence-electron chi connectivity index (χ2n) is 7.19. The lowest BCUT2D eigenvalue weighted by molar-refractivity contribution is -0.154. The summed E-state index contributed by atoms with van der Waals surface area (Å²) in [7, 11) is 0. The molecule has 20 heavy (non-hydrogen) atoms. The molecule has 4 heteroatoms. The van der Waals surface area contributed by atoms with E-state index in [1.807, 2.05) is 0 Å². The minimum absolute atomic E-state index is 0.488. The third-order valence-corrected chi connectivity index (χ3v) is 5.21. The van der Waals surface area contributed by atoms with Crippen LogP contribution in [0, 0.1) is 11.3 Å². The van der Waals surface area contributed by atoms with E-state index in [9.17, 15) is 9.90 Å². The predicted octanol–water partition coefficient (Wildman–Crippen LogP) is 2.29. The van der Waals surface area contributed by atoms with Gasteiger partial charge >= 0.3 is 5.97 Å². The molecule has 2 rings (SSSR count). The molecule has 0 amide bonds. The average Bonchev–Trinajstić information content (AvgIpc) is 2.39. The van der Waals surface area contributed by atoms with Crippen LogP contribution in [0.15, 0.2) is 0 Å². The normalized spacial score (nSPS) is 33.5. The number of carboxylic acids is 1. The third-order valence-electron chi connectivity index (χ3n) is 5.21. The predicted molar refractivity (Wildman–Crippen MR) is 80.8 cm³/mol. The van der Waals surface area contributed by atoms with Crippen molar-refractivity contribution >= 4 is 5.97 Å². The molecule has 2 aliphatic rings. The Bertz CT molecular complexity index is 337. The first-order valence-electron chi connectivity index (χ1n) is 8.13. The molecule has 116 valence electrons. The molecule has 1 saturated heterocycles. The summed E-state index contributed by atoms with van der Waals surface area (Å²) in [5, 5.41) is 9.74. The maximum Gasteiger partial charge on any atom is 0.310 e. The zero-order chi connectivity index (χ0) is 14.8. The van der Waals surface area contributed by atoms with Crippen molar-refractivity contribution in [1.82, 2.24) is 9.80 Å². The second kappa shape index (κ2) is 6.44. The highest BCUT2D eigenvalue weighted by Crippen LogP contribution is 2.40. The molecular weight excluding hydrogens is 252 g/mol. The fourth-order valence-corrected chi connectivity index (χ4v) is 3.93. The highest BCUT2D eigenvalue weighted by atomic mass is 16.4. The molecular formula is C16H30N2O2. The summed E-state index contributed by atoms with van der Waals surface area (Å²) in [6.07, 6.45) is 3.97. The van der Waals surface area contributed by atoms with Crippen molar-refractivity contribution in [1.29, 1.82) is 0 Å². The van der Waals surface area contributed by atoms with Gasteiger partial charge in [0.2, 0.25) is 0 Å². The van der Waals surface area contributed by atoms with Gasteiger partial charge in [0.15, 0.2) is 0 Å². The SMILES string of the molecule is CC1CCCC(CN2CCN(C(C)C)CC2)(C(=O)O)C1. The Labute approximate surface area is 123 Å². The van der Waals surface area contributed by atoms with Crippen LogP contribution >= 0.6 is 0 Å². The van der Waals surface area contributed by atoms with Crippen LogP contribution in [0.25, 0.3) is 0 Å². The van der Waals surface area contributed by atoms with Crippen LogP contribution in [0.1, 0.15) is 46.5 Å². The molecule has 1 heterocycles. The molecule has 0 aromatic rings. The van der Waals surface area contributed by atoms with Crippen molar-refractivity contribution in [3.8, 4) is 0 Å². The van der Waals surface area contributed by atoms with Crippen LogP contribution in [-0.4, -0.2) is 59.6 Å². The standard InChI is InChI=1S/C16H30N2O2/c1-13(2)18-9-7-17(8-10-18)12-16(15(19)20)6-4-5-14(3)11-16/h13-14H,4-12H2,1-3H3,(H,19,20). The van der Waals surface area contributed by atoms with E-state index in [4.69, 9.17) is 0 Å². The largest absolute Gasteiger partial charge is 0.481 e. The van der Waals surface area contributed by atoms with E-state index in [2.05, 4.69) is 30.6 Å². The quantitative estimate of drug-likeness (QED) is 0.859. The molecule has 0 aromatic heterocycles. The van der Waals surface area contributed by atoms with Crippen molar-refractivity contribution in [2.24, 2.45) is 11.3 Å². The van der Waals surface area contributed by atoms with Gasteiger partial charge in [-0.3, -0.25) is 14.6 Å². The first-order valence-corrected chi connectivity index (χ1v) is 8.13. The molecule has 1 aliphatic heterocycles. The van der Waals surface area contributed by atoms with Crippen LogP contribution in [0.5, 0.6) is 0 Å². The molecule has 1 N–H and O–H groups in total. The number of piperazine rings is 1. The van der Waals surface area contributed by atoms with Crippen LogP contribution in [0.2, 0.25) is 0 Å². The summed E-state index contributed by atoms with van der Waals surface area (Å²) in [6, 6.07) is 0.597. The number of rotatable bonds is 4. The summed E-state index contributed by atoms with van der Waals surface area (Å²) in [5.74, 6) is -0.0212. The number of nitrogens with zero attached hydrogens (tertiary/aromatic N) is 2. The molecule has 1 saturated carbocycles. The van der Waals surface area contributed by atoms with Gasteiger partial charge in [0.05, 0.1) is 5.41 Å². The minimum atomic E-state index is -0.574. The maximum absolute atomic E-state index is 11.8. The van der Waals surface area contributed by atoms with E-state index in [-0.39, 0.29) is 0 Å². The molecule has 2 atom stereocenters. The van der Waals surface area contributed by atoms with E-state index in [0.29, 0.717) is 12.0 Å². The first-order chi connectivity index (χ1) is 9.43. The molecule has 0 bridgehead atoms. The van der Waals surface area contributed by atoms with Crippen molar-refractivity contribution in [2.75, 3.05) is 32.7 Å². The summed E-state index contributed by atoms with van der Waals surface area (Å²) < 4.78 is 0. The molecule has 2 unspecified atom stereocenters. The van der Waals surface area contributed by atoms with Gasteiger partial charge in [-0.25, -0.2) is 0 Å². The van der Waals surface area contributed by atoms with Crippen LogP contribution in [0.3, 0.4) is 0 Å². The Morgan fingerprint density at radius 1 is 1.30 bits per heavy atom. The Hall–Kier alpha value is -0.610. The van der Waals surface area contributed by atoms with Gasteiger partial charge in [0, 0.05) is 38.8 Å². The number of carboxylic acid groups (broad SMARTS) is 1. The maximum atomic E-state index is 11.8. The van der Waals surface area contributed by atoms with E-state index < -0.39 is 11.4 Å². The van der Waals surface area contributed by atoms with Gasteiger partial charge in [-0.05, 0) is 32.6 Å². The molecule has 0 radical (unpaired) electrons. The van der Waals surface area contributed by atoms with Crippen molar-refractivity contribution in [2.45, 2.75) is 52.5 Å². The molecule has 4 nitrogen and oxygen atoms in total. The number of aliphatic carboxylic acids is 1. The monoisotopic (exact) mass is 282 g/mol. The Kier molecular flexibility index (Phi) is 5.08. The van der Waals surface area contributed by atoms with Crippen molar-refractivity contribution in [3.05, 3.63) is 0 Å². The smallest absolute Gasteiger partial charge is 0.310 e. The van der Waals surface area contributed by atoms with Gasteiger partial charge in [-0.2, -0.15) is 0 Å².